The van der Waals surface area contributed by atoms with Gasteiger partial charge < -0.3 is 14.8 Å². The third-order valence-electron chi connectivity index (χ3n) is 3.26. The number of ether oxygens (including phenoxy) is 2. The first-order valence-corrected chi connectivity index (χ1v) is 6.89. The molecule has 0 saturated carbocycles. The lowest BCUT2D eigenvalue weighted by Gasteiger charge is -2.19. The molecule has 7 heteroatoms. The molecular weight excluding hydrogens is 300 g/mol. The minimum Gasteiger partial charge on any atom is -0.469 e. The van der Waals surface area contributed by atoms with Crippen LogP contribution in [0.5, 0.6) is 0 Å². The van der Waals surface area contributed by atoms with E-state index >= 15 is 0 Å². The first-order valence-electron chi connectivity index (χ1n) is 6.89. The zero-order chi connectivity index (χ0) is 17.4. The smallest absolute Gasteiger partial charge is 0.328 e. The van der Waals surface area contributed by atoms with Gasteiger partial charge in [0.05, 0.1) is 31.8 Å². The third kappa shape index (κ3) is 5.11. The number of hydrogen-bond acceptors (Lipinski definition) is 6. The Hall–Kier alpha value is -2.88. The zero-order valence-electron chi connectivity index (χ0n) is 13.2. The SMILES string of the molecule is COC(=O)[C@H](C)C[C@@H](NC(=O)c1ccc(C#N)cc1)C(=O)OC. The lowest BCUT2D eigenvalue weighted by Crippen LogP contribution is -2.43. The van der Waals surface area contributed by atoms with Crippen LogP contribution < -0.4 is 5.32 Å². The van der Waals surface area contributed by atoms with Crippen molar-refractivity contribution in [2.24, 2.45) is 5.92 Å². The van der Waals surface area contributed by atoms with Crippen LogP contribution in [0.2, 0.25) is 0 Å². The van der Waals surface area contributed by atoms with E-state index in [0.29, 0.717) is 11.1 Å². The molecule has 1 aromatic rings. The molecule has 0 saturated heterocycles. The van der Waals surface area contributed by atoms with Crippen LogP contribution in [0.3, 0.4) is 0 Å². The molecule has 1 amide bonds. The van der Waals surface area contributed by atoms with Gasteiger partial charge in [0, 0.05) is 5.56 Å². The van der Waals surface area contributed by atoms with Gasteiger partial charge in [-0.2, -0.15) is 5.26 Å². The van der Waals surface area contributed by atoms with Gasteiger partial charge in [-0.25, -0.2) is 4.79 Å². The minimum absolute atomic E-state index is 0.0569. The zero-order valence-corrected chi connectivity index (χ0v) is 13.2. The van der Waals surface area contributed by atoms with Crippen LogP contribution in [0.25, 0.3) is 0 Å². The maximum atomic E-state index is 12.2. The first-order chi connectivity index (χ1) is 10.9. The Morgan fingerprint density at radius 2 is 1.70 bits per heavy atom. The summed E-state index contributed by atoms with van der Waals surface area (Å²) >= 11 is 0. The fourth-order valence-corrected chi connectivity index (χ4v) is 1.95. The number of nitrogens with zero attached hydrogens (tertiary/aromatic N) is 1. The number of amides is 1. The van der Waals surface area contributed by atoms with Gasteiger partial charge in [0.1, 0.15) is 6.04 Å². The Kier molecular flexibility index (Phi) is 6.74. The summed E-state index contributed by atoms with van der Waals surface area (Å²) in [6.07, 6.45) is 0.0569. The molecule has 0 aliphatic heterocycles. The normalized spacial score (nSPS) is 12.4. The Bertz CT molecular complexity index is 618. The van der Waals surface area contributed by atoms with Gasteiger partial charge >= 0.3 is 11.9 Å². The number of hydrogen-bond donors (Lipinski definition) is 1. The summed E-state index contributed by atoms with van der Waals surface area (Å²) in [5, 5.41) is 11.3. The number of carbonyl (C=O) groups excluding carboxylic acids is 3. The van der Waals surface area contributed by atoms with Crippen molar-refractivity contribution in [1.29, 1.82) is 5.26 Å². The second-order valence-electron chi connectivity index (χ2n) is 4.90. The number of rotatable bonds is 6. The third-order valence-corrected chi connectivity index (χ3v) is 3.26. The van der Waals surface area contributed by atoms with Crippen molar-refractivity contribution in [3.05, 3.63) is 35.4 Å². The lowest BCUT2D eigenvalue weighted by molar-refractivity contribution is -0.147. The van der Waals surface area contributed by atoms with Crippen molar-refractivity contribution >= 4 is 17.8 Å². The van der Waals surface area contributed by atoms with E-state index in [2.05, 4.69) is 14.8 Å². The van der Waals surface area contributed by atoms with Gasteiger partial charge in [-0.1, -0.05) is 6.92 Å². The van der Waals surface area contributed by atoms with Crippen molar-refractivity contribution < 1.29 is 23.9 Å². The molecule has 1 rings (SSSR count). The summed E-state index contributed by atoms with van der Waals surface area (Å²) in [4.78, 5) is 35.4. The van der Waals surface area contributed by atoms with Gasteiger partial charge in [-0.3, -0.25) is 9.59 Å². The molecule has 0 aliphatic carbocycles. The van der Waals surface area contributed by atoms with E-state index in [0.717, 1.165) is 0 Å². The molecule has 0 radical (unpaired) electrons. The van der Waals surface area contributed by atoms with Crippen LogP contribution in [0, 0.1) is 17.2 Å². The highest BCUT2D eigenvalue weighted by Crippen LogP contribution is 2.11. The van der Waals surface area contributed by atoms with Crippen molar-refractivity contribution in [3.63, 3.8) is 0 Å². The number of carbonyl (C=O) groups is 3. The average Bonchev–Trinajstić information content (AvgIpc) is 2.59. The molecule has 0 spiro atoms. The molecule has 0 aliphatic rings. The van der Waals surface area contributed by atoms with E-state index in [9.17, 15) is 14.4 Å². The van der Waals surface area contributed by atoms with Crippen molar-refractivity contribution in [1.82, 2.24) is 5.32 Å². The summed E-state index contributed by atoms with van der Waals surface area (Å²) in [5.41, 5.74) is 0.717. The molecule has 7 nitrogen and oxygen atoms in total. The van der Waals surface area contributed by atoms with E-state index < -0.39 is 29.8 Å². The predicted molar refractivity (Wildman–Crippen MR) is 80.2 cm³/mol. The van der Waals surface area contributed by atoms with E-state index in [-0.39, 0.29) is 6.42 Å². The van der Waals surface area contributed by atoms with Crippen LogP contribution in [0.15, 0.2) is 24.3 Å². The summed E-state index contributed by atoms with van der Waals surface area (Å²) in [6, 6.07) is 6.93. The second-order valence-corrected chi connectivity index (χ2v) is 4.90. The van der Waals surface area contributed by atoms with E-state index in [1.54, 1.807) is 6.92 Å². The molecule has 2 atom stereocenters. The molecule has 0 bridgehead atoms. The number of nitriles is 1. The fraction of sp³-hybridized carbons (Fsp3) is 0.375. The van der Waals surface area contributed by atoms with Crippen LogP contribution >= 0.6 is 0 Å². The molecule has 1 aromatic carbocycles. The molecule has 0 heterocycles. The molecule has 1 N–H and O–H groups in total. The second kappa shape index (κ2) is 8.54. The summed E-state index contributed by atoms with van der Waals surface area (Å²) in [7, 11) is 2.45. The van der Waals surface area contributed by atoms with Crippen LogP contribution in [0.4, 0.5) is 0 Å². The Labute approximate surface area is 134 Å². The van der Waals surface area contributed by atoms with E-state index in [1.807, 2.05) is 6.07 Å². The highest BCUT2D eigenvalue weighted by molar-refractivity contribution is 5.97. The van der Waals surface area contributed by atoms with Gasteiger partial charge in [0.15, 0.2) is 0 Å². The predicted octanol–water partition coefficient (Wildman–Crippen LogP) is 1.03. The summed E-state index contributed by atoms with van der Waals surface area (Å²) < 4.78 is 9.26. The largest absolute Gasteiger partial charge is 0.469 e. The summed E-state index contributed by atoms with van der Waals surface area (Å²) in [6.45, 7) is 1.59. The Balaban J connectivity index is 2.83. The maximum absolute atomic E-state index is 12.2. The van der Waals surface area contributed by atoms with E-state index in [1.165, 1.54) is 38.5 Å². The molecule has 0 aromatic heterocycles. The highest BCUT2D eigenvalue weighted by atomic mass is 16.5. The molecule has 122 valence electrons. The minimum atomic E-state index is -0.975. The Morgan fingerprint density at radius 1 is 1.13 bits per heavy atom. The monoisotopic (exact) mass is 318 g/mol. The molecule has 0 fully saturated rings. The summed E-state index contributed by atoms with van der Waals surface area (Å²) in [5.74, 6) is -2.21. The van der Waals surface area contributed by atoms with Crippen molar-refractivity contribution in [2.75, 3.05) is 14.2 Å². The first kappa shape index (κ1) is 18.2. The quantitative estimate of drug-likeness (QED) is 0.785. The van der Waals surface area contributed by atoms with E-state index in [4.69, 9.17) is 5.26 Å². The molecule has 0 unspecified atom stereocenters. The van der Waals surface area contributed by atoms with Gasteiger partial charge in [-0.05, 0) is 30.7 Å². The van der Waals surface area contributed by atoms with Gasteiger partial charge in [-0.15, -0.1) is 0 Å². The number of methoxy groups -OCH3 is 2. The number of esters is 2. The standard InChI is InChI=1S/C16H18N2O5/c1-10(15(20)22-2)8-13(16(21)23-3)18-14(19)12-6-4-11(9-17)5-7-12/h4-7,10,13H,8H2,1-3H3,(H,18,19)/t10-,13-/m1/s1. The molecular formula is C16H18N2O5. The van der Waals surface area contributed by atoms with Gasteiger partial charge in [0.25, 0.3) is 5.91 Å². The topological polar surface area (TPSA) is 105 Å². The maximum Gasteiger partial charge on any atom is 0.328 e. The number of nitrogens with one attached hydrogen (secondary N) is 1. The van der Waals surface area contributed by atoms with Gasteiger partial charge in [0.2, 0.25) is 0 Å². The van der Waals surface area contributed by atoms with Crippen LogP contribution in [-0.4, -0.2) is 38.1 Å². The average molecular weight is 318 g/mol. The molecule has 23 heavy (non-hydrogen) atoms. The number of benzene rings is 1. The van der Waals surface area contributed by atoms with Crippen molar-refractivity contribution in [3.8, 4) is 6.07 Å². The van der Waals surface area contributed by atoms with Crippen LogP contribution in [-0.2, 0) is 19.1 Å². The fourth-order valence-electron chi connectivity index (χ4n) is 1.95. The highest BCUT2D eigenvalue weighted by Gasteiger charge is 2.27. The Morgan fingerprint density at radius 3 is 2.17 bits per heavy atom. The van der Waals surface area contributed by atoms with Crippen molar-refractivity contribution in [2.45, 2.75) is 19.4 Å². The lowest BCUT2D eigenvalue weighted by atomic mass is 10.0. The van der Waals surface area contributed by atoms with Crippen LogP contribution in [0.1, 0.15) is 29.3 Å².